The van der Waals surface area contributed by atoms with Crippen molar-refractivity contribution >= 4 is 34.3 Å². The molecule has 0 aliphatic rings. The average Bonchev–Trinajstić information content (AvgIpc) is 2.73. The van der Waals surface area contributed by atoms with Gasteiger partial charge in [0.15, 0.2) is 11.5 Å². The average molecular weight is 394 g/mol. The first-order valence-electron chi connectivity index (χ1n) is 8.58. The molecule has 3 aromatic rings. The van der Waals surface area contributed by atoms with E-state index in [1.807, 2.05) is 42.5 Å². The highest BCUT2D eigenvalue weighted by Crippen LogP contribution is 2.33. The van der Waals surface area contributed by atoms with Crippen LogP contribution in [0.2, 0.25) is 0 Å². The summed E-state index contributed by atoms with van der Waals surface area (Å²) in [5, 5.41) is 29.9. The topological polar surface area (TPSA) is 126 Å². The van der Waals surface area contributed by atoms with Gasteiger partial charge in [0.25, 0.3) is 11.6 Å². The van der Waals surface area contributed by atoms with Gasteiger partial charge in [-0.05, 0) is 11.5 Å². The monoisotopic (exact) mass is 394 g/mol. The highest BCUT2D eigenvalue weighted by Gasteiger charge is 2.15. The SMILES string of the molecule is COc1cc([N+](=O)[O-])cc(C=NNC(=O)CNc2cccc3ccccc23)c1O. The molecule has 0 bridgehead atoms. The van der Waals surface area contributed by atoms with Crippen LogP contribution in [0.25, 0.3) is 10.8 Å². The van der Waals surface area contributed by atoms with Gasteiger partial charge in [0.1, 0.15) is 0 Å². The van der Waals surface area contributed by atoms with Gasteiger partial charge in [0.2, 0.25) is 0 Å². The molecule has 0 aliphatic heterocycles. The van der Waals surface area contributed by atoms with Gasteiger partial charge in [0, 0.05) is 22.7 Å². The van der Waals surface area contributed by atoms with E-state index in [-0.39, 0.29) is 29.3 Å². The number of phenolic OH excluding ortho intramolecular Hbond substituents is 1. The highest BCUT2D eigenvalue weighted by molar-refractivity contribution is 5.95. The second kappa shape index (κ2) is 8.70. The van der Waals surface area contributed by atoms with E-state index >= 15 is 0 Å². The molecule has 0 saturated carbocycles. The van der Waals surface area contributed by atoms with Crippen molar-refractivity contribution in [2.45, 2.75) is 0 Å². The van der Waals surface area contributed by atoms with Gasteiger partial charge < -0.3 is 15.2 Å². The molecule has 148 valence electrons. The van der Waals surface area contributed by atoms with E-state index in [0.717, 1.165) is 34.8 Å². The second-order valence-electron chi connectivity index (χ2n) is 6.02. The zero-order chi connectivity index (χ0) is 20.8. The summed E-state index contributed by atoms with van der Waals surface area (Å²) in [5.74, 6) is -0.805. The third-order valence-electron chi connectivity index (χ3n) is 4.14. The van der Waals surface area contributed by atoms with E-state index in [0.29, 0.717) is 0 Å². The normalized spacial score (nSPS) is 10.8. The molecule has 1 amide bonds. The van der Waals surface area contributed by atoms with E-state index in [2.05, 4.69) is 15.8 Å². The van der Waals surface area contributed by atoms with Gasteiger partial charge in [-0.15, -0.1) is 0 Å². The van der Waals surface area contributed by atoms with Crippen LogP contribution in [-0.2, 0) is 4.79 Å². The summed E-state index contributed by atoms with van der Waals surface area (Å²) >= 11 is 0. The molecule has 0 heterocycles. The fraction of sp³-hybridized carbons (Fsp3) is 0.100. The number of hydrogen-bond donors (Lipinski definition) is 3. The van der Waals surface area contributed by atoms with Crippen LogP contribution in [0.1, 0.15) is 5.56 Å². The number of nitro groups is 1. The van der Waals surface area contributed by atoms with Crippen molar-refractivity contribution in [3.05, 3.63) is 70.3 Å². The van der Waals surface area contributed by atoms with Crippen LogP contribution in [0.3, 0.4) is 0 Å². The third-order valence-corrected chi connectivity index (χ3v) is 4.14. The Morgan fingerprint density at radius 3 is 2.76 bits per heavy atom. The number of methoxy groups -OCH3 is 1. The van der Waals surface area contributed by atoms with Crippen LogP contribution in [0.4, 0.5) is 11.4 Å². The summed E-state index contributed by atoms with van der Waals surface area (Å²) in [4.78, 5) is 22.4. The molecule has 0 aromatic heterocycles. The van der Waals surface area contributed by atoms with E-state index in [1.54, 1.807) is 0 Å². The molecule has 0 fully saturated rings. The zero-order valence-corrected chi connectivity index (χ0v) is 15.5. The Labute approximate surface area is 165 Å². The van der Waals surface area contributed by atoms with Crippen molar-refractivity contribution in [2.75, 3.05) is 19.0 Å². The first kappa shape index (κ1) is 19.6. The Bertz CT molecular complexity index is 1090. The number of carbonyl (C=O) groups excluding carboxylic acids is 1. The standard InChI is InChI=1S/C20H18N4O5/c1-29-18-10-15(24(27)28)9-14(20(18)26)11-22-23-19(25)12-21-17-8-4-6-13-5-2-3-7-16(13)17/h2-11,21,26H,12H2,1H3,(H,23,25). The van der Waals surface area contributed by atoms with Crippen LogP contribution >= 0.6 is 0 Å². The molecule has 3 N–H and O–H groups in total. The molecule has 0 aliphatic carbocycles. The molecule has 0 spiro atoms. The van der Waals surface area contributed by atoms with Gasteiger partial charge in [0.05, 0.1) is 30.9 Å². The number of benzene rings is 3. The molecule has 9 heteroatoms. The number of carbonyl (C=O) groups is 1. The van der Waals surface area contributed by atoms with Crippen molar-refractivity contribution in [3.8, 4) is 11.5 Å². The predicted octanol–water partition coefficient (Wildman–Crippen LogP) is 3.02. The molecule has 29 heavy (non-hydrogen) atoms. The minimum Gasteiger partial charge on any atom is -0.504 e. The summed E-state index contributed by atoms with van der Waals surface area (Å²) in [5.41, 5.74) is 2.88. The molecular weight excluding hydrogens is 376 g/mol. The largest absolute Gasteiger partial charge is 0.504 e. The lowest BCUT2D eigenvalue weighted by Crippen LogP contribution is -2.25. The molecule has 3 rings (SSSR count). The smallest absolute Gasteiger partial charge is 0.274 e. The van der Waals surface area contributed by atoms with Crippen LogP contribution in [0.15, 0.2) is 59.7 Å². The number of anilines is 1. The fourth-order valence-corrected chi connectivity index (χ4v) is 2.74. The molecule has 0 unspecified atom stereocenters. The number of aromatic hydroxyl groups is 1. The summed E-state index contributed by atoms with van der Waals surface area (Å²) < 4.78 is 4.91. The van der Waals surface area contributed by atoms with Crippen molar-refractivity contribution < 1.29 is 19.6 Å². The van der Waals surface area contributed by atoms with E-state index < -0.39 is 10.8 Å². The number of hydrogen-bond acceptors (Lipinski definition) is 7. The van der Waals surface area contributed by atoms with Crippen molar-refractivity contribution in [2.24, 2.45) is 5.10 Å². The van der Waals surface area contributed by atoms with E-state index in [1.165, 1.54) is 7.11 Å². The lowest BCUT2D eigenvalue weighted by Gasteiger charge is -2.09. The summed E-state index contributed by atoms with van der Waals surface area (Å²) in [7, 11) is 1.28. The number of hydrazone groups is 1. The Morgan fingerprint density at radius 1 is 1.24 bits per heavy atom. The number of nitrogens with one attached hydrogen (secondary N) is 2. The second-order valence-corrected chi connectivity index (χ2v) is 6.02. The number of nitrogens with zero attached hydrogens (tertiary/aromatic N) is 2. The lowest BCUT2D eigenvalue weighted by molar-refractivity contribution is -0.385. The van der Waals surface area contributed by atoms with Crippen LogP contribution in [-0.4, -0.2) is 35.8 Å². The summed E-state index contributed by atoms with van der Waals surface area (Å²) in [6, 6.07) is 15.7. The summed E-state index contributed by atoms with van der Waals surface area (Å²) in [6.07, 6.45) is 1.11. The van der Waals surface area contributed by atoms with Crippen LogP contribution in [0.5, 0.6) is 11.5 Å². The van der Waals surface area contributed by atoms with Crippen LogP contribution < -0.4 is 15.5 Å². The van der Waals surface area contributed by atoms with Crippen LogP contribution in [0, 0.1) is 10.1 Å². The maximum absolute atomic E-state index is 12.0. The predicted molar refractivity (Wildman–Crippen MR) is 109 cm³/mol. The molecule has 0 saturated heterocycles. The number of fused-ring (bicyclic) bond motifs is 1. The Hall–Kier alpha value is -4.14. The Morgan fingerprint density at radius 2 is 2.00 bits per heavy atom. The Balaban J connectivity index is 1.65. The minimum atomic E-state index is -0.619. The van der Waals surface area contributed by atoms with Gasteiger partial charge in [-0.1, -0.05) is 36.4 Å². The number of non-ortho nitro benzene ring substituents is 1. The highest BCUT2D eigenvalue weighted by atomic mass is 16.6. The van der Waals surface area contributed by atoms with E-state index in [4.69, 9.17) is 4.74 Å². The number of amides is 1. The number of nitro benzene ring substituents is 1. The number of rotatable bonds is 7. The first-order chi connectivity index (χ1) is 14.0. The molecule has 3 aromatic carbocycles. The van der Waals surface area contributed by atoms with E-state index in [9.17, 15) is 20.0 Å². The molecular formula is C20H18N4O5. The molecule has 9 nitrogen and oxygen atoms in total. The van der Waals surface area contributed by atoms with Crippen molar-refractivity contribution in [1.82, 2.24) is 5.43 Å². The fourth-order valence-electron chi connectivity index (χ4n) is 2.74. The first-order valence-corrected chi connectivity index (χ1v) is 8.58. The van der Waals surface area contributed by atoms with Gasteiger partial charge in [-0.3, -0.25) is 14.9 Å². The maximum atomic E-state index is 12.0. The van der Waals surface area contributed by atoms with Gasteiger partial charge >= 0.3 is 0 Å². The number of ether oxygens (including phenoxy) is 1. The third kappa shape index (κ3) is 4.59. The Kier molecular flexibility index (Phi) is 5.88. The minimum absolute atomic E-state index is 0.0322. The summed E-state index contributed by atoms with van der Waals surface area (Å²) in [6.45, 7) is -0.0322. The van der Waals surface area contributed by atoms with Crippen molar-refractivity contribution in [3.63, 3.8) is 0 Å². The quantitative estimate of drug-likeness (QED) is 0.321. The molecule has 0 atom stereocenters. The maximum Gasteiger partial charge on any atom is 0.274 e. The number of phenols is 1. The van der Waals surface area contributed by atoms with Crippen molar-refractivity contribution in [1.29, 1.82) is 0 Å². The zero-order valence-electron chi connectivity index (χ0n) is 15.5. The lowest BCUT2D eigenvalue weighted by atomic mass is 10.1. The van der Waals surface area contributed by atoms with Gasteiger partial charge in [-0.2, -0.15) is 5.10 Å². The van der Waals surface area contributed by atoms with Gasteiger partial charge in [-0.25, -0.2) is 5.43 Å². The molecule has 0 radical (unpaired) electrons.